The maximum atomic E-state index is 10.4. The molecule has 2 aliphatic heterocycles. The molecule has 0 aromatic rings. The molecule has 3 rings (SSSR count). The second kappa shape index (κ2) is 10.4. The number of hydrogen-bond acceptors (Lipinski definition) is 4. The molecule has 3 aliphatic rings. The summed E-state index contributed by atoms with van der Waals surface area (Å²) in [6.45, 7) is 10.3. The first-order valence-corrected chi connectivity index (χ1v) is 10.0. The Kier molecular flexibility index (Phi) is 8.90. The summed E-state index contributed by atoms with van der Waals surface area (Å²) in [5.41, 5.74) is -0.0293. The van der Waals surface area contributed by atoms with Gasteiger partial charge in [0, 0.05) is 58.3 Å². The van der Waals surface area contributed by atoms with Gasteiger partial charge in [0.2, 0.25) is 0 Å². The highest BCUT2D eigenvalue weighted by atomic mass is 127. The summed E-state index contributed by atoms with van der Waals surface area (Å²) in [4.78, 5) is 9.42. The van der Waals surface area contributed by atoms with Crippen LogP contribution in [0.25, 0.3) is 0 Å². The molecule has 0 aromatic heterocycles. The highest BCUT2D eigenvalue weighted by molar-refractivity contribution is 14.0. The molecule has 1 saturated carbocycles. The third kappa shape index (κ3) is 5.69. The second-order valence-corrected chi connectivity index (χ2v) is 8.33. The Morgan fingerprint density at radius 2 is 2.00 bits per heavy atom. The predicted octanol–water partition coefficient (Wildman–Crippen LogP) is 1.78. The van der Waals surface area contributed by atoms with E-state index in [0.717, 1.165) is 77.1 Å². The van der Waals surface area contributed by atoms with Gasteiger partial charge in [-0.15, -0.1) is 24.0 Å². The fraction of sp³-hybridized carbons (Fsp3) is 0.947. The molecular formula is C19H37IN4O2. The lowest BCUT2D eigenvalue weighted by molar-refractivity contribution is 0.00350. The van der Waals surface area contributed by atoms with E-state index in [4.69, 9.17) is 4.74 Å². The van der Waals surface area contributed by atoms with Crippen molar-refractivity contribution in [1.82, 2.24) is 15.1 Å². The van der Waals surface area contributed by atoms with Gasteiger partial charge in [-0.05, 0) is 25.2 Å². The Bertz CT molecular complexity index is 451. The fourth-order valence-corrected chi connectivity index (χ4v) is 4.44. The minimum Gasteiger partial charge on any atom is -0.392 e. The average Bonchev–Trinajstić information content (AvgIpc) is 3.13. The molecule has 7 heteroatoms. The van der Waals surface area contributed by atoms with Crippen molar-refractivity contribution in [1.29, 1.82) is 0 Å². The maximum Gasteiger partial charge on any atom is 0.193 e. The van der Waals surface area contributed by atoms with Crippen molar-refractivity contribution in [2.24, 2.45) is 16.3 Å². The number of nitrogens with one attached hydrogen (secondary N) is 1. The summed E-state index contributed by atoms with van der Waals surface area (Å²) in [7, 11) is 1.87. The summed E-state index contributed by atoms with van der Waals surface area (Å²) in [6.07, 6.45) is 5.41. The molecule has 0 amide bonds. The number of aliphatic imine (C=N–C) groups is 1. The number of hydrogen-bond donors (Lipinski definition) is 2. The first-order chi connectivity index (χ1) is 12.1. The number of aliphatic hydroxyl groups is 1. The number of ether oxygens (including phenoxy) is 1. The van der Waals surface area contributed by atoms with E-state index in [1.54, 1.807) is 0 Å². The molecule has 1 aliphatic carbocycles. The van der Waals surface area contributed by atoms with Crippen molar-refractivity contribution in [3.05, 3.63) is 0 Å². The number of piperazine rings is 1. The summed E-state index contributed by atoms with van der Waals surface area (Å²) in [5.74, 6) is 1.71. The first kappa shape index (κ1) is 22.2. The maximum absolute atomic E-state index is 10.4. The number of nitrogens with zero attached hydrogens (tertiary/aromatic N) is 3. The molecule has 3 atom stereocenters. The Balaban J connectivity index is 0.00000243. The van der Waals surface area contributed by atoms with Crippen LogP contribution in [0.15, 0.2) is 4.99 Å². The number of aliphatic hydroxyl groups excluding tert-OH is 1. The predicted molar refractivity (Wildman–Crippen MR) is 116 cm³/mol. The van der Waals surface area contributed by atoms with Crippen LogP contribution in [0.3, 0.4) is 0 Å². The quantitative estimate of drug-likeness (QED) is 0.365. The normalized spacial score (nSPS) is 33.8. The highest BCUT2D eigenvalue weighted by Crippen LogP contribution is 2.35. The van der Waals surface area contributed by atoms with Crippen molar-refractivity contribution in [2.45, 2.75) is 45.1 Å². The zero-order valence-electron chi connectivity index (χ0n) is 16.5. The van der Waals surface area contributed by atoms with Crippen molar-refractivity contribution >= 4 is 29.9 Å². The van der Waals surface area contributed by atoms with Crippen LogP contribution >= 0.6 is 24.0 Å². The molecule has 0 bridgehead atoms. The topological polar surface area (TPSA) is 60.3 Å². The minimum absolute atomic E-state index is 0. The van der Waals surface area contributed by atoms with E-state index >= 15 is 0 Å². The minimum atomic E-state index is -0.197. The van der Waals surface area contributed by atoms with Crippen LogP contribution < -0.4 is 5.32 Å². The third-order valence-electron chi connectivity index (χ3n) is 6.35. The van der Waals surface area contributed by atoms with Crippen molar-refractivity contribution in [2.75, 3.05) is 59.5 Å². The van der Waals surface area contributed by atoms with E-state index < -0.39 is 0 Å². The highest BCUT2D eigenvalue weighted by Gasteiger charge is 2.35. The van der Waals surface area contributed by atoms with Gasteiger partial charge in [-0.25, -0.2) is 0 Å². The van der Waals surface area contributed by atoms with E-state index in [-0.39, 0.29) is 35.5 Å². The van der Waals surface area contributed by atoms with Gasteiger partial charge in [-0.3, -0.25) is 9.89 Å². The van der Waals surface area contributed by atoms with Gasteiger partial charge < -0.3 is 20.1 Å². The first-order valence-electron chi connectivity index (χ1n) is 10.0. The zero-order chi connectivity index (χ0) is 17.7. The molecular weight excluding hydrogens is 443 g/mol. The van der Waals surface area contributed by atoms with Crippen LogP contribution in [-0.4, -0.2) is 86.5 Å². The Labute approximate surface area is 175 Å². The summed E-state index contributed by atoms with van der Waals surface area (Å²) in [5, 5.41) is 13.9. The van der Waals surface area contributed by atoms with Crippen LogP contribution in [0.5, 0.6) is 0 Å². The SMILES string of the molecule is CN=C(NCC1(C)CCCCC1O)N1CCN(CC2CCOC2)CC1.I. The van der Waals surface area contributed by atoms with Crippen LogP contribution in [0.1, 0.15) is 39.0 Å². The lowest BCUT2D eigenvalue weighted by atomic mass is 9.73. The monoisotopic (exact) mass is 480 g/mol. The molecule has 3 fully saturated rings. The molecule has 0 aromatic carbocycles. The smallest absolute Gasteiger partial charge is 0.193 e. The van der Waals surface area contributed by atoms with Crippen LogP contribution in [-0.2, 0) is 4.74 Å². The molecule has 26 heavy (non-hydrogen) atoms. The Morgan fingerprint density at radius 1 is 1.23 bits per heavy atom. The van der Waals surface area contributed by atoms with E-state index in [1.807, 2.05) is 7.05 Å². The van der Waals surface area contributed by atoms with Gasteiger partial charge in [-0.1, -0.05) is 19.8 Å². The lowest BCUT2D eigenvalue weighted by Gasteiger charge is -2.41. The number of rotatable bonds is 4. The van der Waals surface area contributed by atoms with Gasteiger partial charge in [0.15, 0.2) is 5.96 Å². The summed E-state index contributed by atoms with van der Waals surface area (Å²) >= 11 is 0. The Hall–Kier alpha value is -0.120. The standard InChI is InChI=1S/C19H36N4O2.HI/c1-19(7-4-3-5-17(19)24)15-21-18(20-2)23-10-8-22(9-11-23)13-16-6-12-25-14-16;/h16-17,24H,3-15H2,1-2H3,(H,20,21);1H. The fourth-order valence-electron chi connectivity index (χ4n) is 4.44. The molecule has 6 nitrogen and oxygen atoms in total. The molecule has 0 spiro atoms. The molecule has 2 N–H and O–H groups in total. The lowest BCUT2D eigenvalue weighted by Crippen LogP contribution is -2.55. The van der Waals surface area contributed by atoms with Gasteiger partial charge >= 0.3 is 0 Å². The van der Waals surface area contributed by atoms with Crippen LogP contribution in [0, 0.1) is 11.3 Å². The van der Waals surface area contributed by atoms with Gasteiger partial charge in [0.05, 0.1) is 12.7 Å². The second-order valence-electron chi connectivity index (χ2n) is 8.33. The zero-order valence-corrected chi connectivity index (χ0v) is 18.8. The largest absolute Gasteiger partial charge is 0.392 e. The van der Waals surface area contributed by atoms with Crippen LogP contribution in [0.4, 0.5) is 0 Å². The van der Waals surface area contributed by atoms with E-state index in [0.29, 0.717) is 0 Å². The molecule has 3 unspecified atom stereocenters. The van der Waals surface area contributed by atoms with E-state index in [9.17, 15) is 5.11 Å². The van der Waals surface area contributed by atoms with Gasteiger partial charge in [-0.2, -0.15) is 0 Å². The molecule has 0 radical (unpaired) electrons. The van der Waals surface area contributed by atoms with E-state index in [1.165, 1.54) is 19.4 Å². The van der Waals surface area contributed by atoms with Crippen molar-refractivity contribution < 1.29 is 9.84 Å². The van der Waals surface area contributed by atoms with E-state index in [2.05, 4.69) is 27.0 Å². The summed E-state index contributed by atoms with van der Waals surface area (Å²) < 4.78 is 5.50. The molecule has 2 heterocycles. The summed E-state index contributed by atoms with van der Waals surface area (Å²) in [6, 6.07) is 0. The third-order valence-corrected chi connectivity index (χ3v) is 6.35. The molecule has 2 saturated heterocycles. The number of halogens is 1. The number of guanidine groups is 1. The van der Waals surface area contributed by atoms with Crippen LogP contribution in [0.2, 0.25) is 0 Å². The van der Waals surface area contributed by atoms with Gasteiger partial charge in [0.25, 0.3) is 0 Å². The Morgan fingerprint density at radius 3 is 2.62 bits per heavy atom. The average molecular weight is 480 g/mol. The molecule has 152 valence electrons. The van der Waals surface area contributed by atoms with Crippen molar-refractivity contribution in [3.63, 3.8) is 0 Å². The van der Waals surface area contributed by atoms with Crippen molar-refractivity contribution in [3.8, 4) is 0 Å². The van der Waals surface area contributed by atoms with Gasteiger partial charge in [0.1, 0.15) is 0 Å².